The highest BCUT2D eigenvalue weighted by atomic mass is 16.3. The van der Waals surface area contributed by atoms with Gasteiger partial charge in [-0.1, -0.05) is 48.5 Å². The predicted octanol–water partition coefficient (Wildman–Crippen LogP) is 9.38. The summed E-state index contributed by atoms with van der Waals surface area (Å²) < 4.78 is 12.6. The molecule has 2 heterocycles. The zero-order valence-corrected chi connectivity index (χ0v) is 18.4. The minimum atomic E-state index is 0.844. The van der Waals surface area contributed by atoms with Gasteiger partial charge < -0.3 is 0 Å². The van der Waals surface area contributed by atoms with E-state index in [0.717, 1.165) is 44.6 Å². The molecule has 2 aromatic heterocycles. The summed E-state index contributed by atoms with van der Waals surface area (Å²) in [4.78, 5) is 0. The first-order chi connectivity index (χ1) is 16.8. The van der Waals surface area contributed by atoms with Gasteiger partial charge in [-0.05, 0) is 70.1 Å². The van der Waals surface area contributed by atoms with Gasteiger partial charge >= 0.3 is 22.7 Å². The summed E-state index contributed by atoms with van der Waals surface area (Å²) in [6, 6.07) is 41.8. The molecule has 0 saturated heterocycles. The molecule has 0 aliphatic carbocycles. The number of benzene rings is 5. The maximum absolute atomic E-state index is 6.28. The van der Waals surface area contributed by atoms with Gasteiger partial charge in [0.05, 0.1) is 21.9 Å². The van der Waals surface area contributed by atoms with Crippen molar-refractivity contribution in [3.05, 3.63) is 121 Å². The van der Waals surface area contributed by atoms with Crippen molar-refractivity contribution in [3.63, 3.8) is 0 Å². The monoisotopic (exact) mass is 436 g/mol. The average Bonchev–Trinajstić information content (AvgIpc) is 2.92. The van der Waals surface area contributed by atoms with Crippen LogP contribution >= 0.6 is 0 Å². The van der Waals surface area contributed by atoms with Crippen molar-refractivity contribution in [1.29, 1.82) is 0 Å². The van der Waals surface area contributed by atoms with Gasteiger partial charge in [0, 0.05) is 24.3 Å². The highest BCUT2D eigenvalue weighted by molar-refractivity contribution is 6.06. The zero-order valence-electron chi connectivity index (χ0n) is 18.4. The van der Waals surface area contributed by atoms with Crippen LogP contribution in [0.3, 0.4) is 0 Å². The van der Waals surface area contributed by atoms with Crippen LogP contribution in [0, 0.1) is 0 Å². The van der Waals surface area contributed by atoms with Crippen molar-refractivity contribution >= 4 is 43.5 Å². The van der Waals surface area contributed by atoms with E-state index in [1.807, 2.05) is 12.1 Å². The van der Waals surface area contributed by atoms with Crippen LogP contribution in [0.4, 0.5) is 0 Å². The molecule has 0 N–H and O–H groups in total. The van der Waals surface area contributed by atoms with Crippen LogP contribution in [0.2, 0.25) is 0 Å². The second-order valence-electron chi connectivity index (χ2n) is 8.57. The van der Waals surface area contributed by atoms with E-state index in [-0.39, 0.29) is 0 Å². The summed E-state index contributed by atoms with van der Waals surface area (Å²) in [6.45, 7) is 0. The maximum atomic E-state index is 6.28. The quantitative estimate of drug-likeness (QED) is 0.199. The van der Waals surface area contributed by atoms with Gasteiger partial charge in [0.25, 0.3) is 0 Å². The Balaban J connectivity index is 1.26. The molecule has 2 heteroatoms. The normalized spacial score (nSPS) is 11.5. The van der Waals surface area contributed by atoms with E-state index in [9.17, 15) is 0 Å². The lowest BCUT2D eigenvalue weighted by Gasteiger charge is -2.00. The first kappa shape index (κ1) is 19.0. The molecule has 7 rings (SSSR count). The Labute approximate surface area is 196 Å². The summed E-state index contributed by atoms with van der Waals surface area (Å²) in [5.41, 5.74) is 3.84. The minimum Gasteiger partial charge on any atom is -0.207 e. The van der Waals surface area contributed by atoms with Crippen molar-refractivity contribution in [2.45, 2.75) is 0 Å². The highest BCUT2D eigenvalue weighted by Crippen LogP contribution is 2.33. The lowest BCUT2D eigenvalue weighted by atomic mass is 10.0. The van der Waals surface area contributed by atoms with E-state index in [0.29, 0.717) is 0 Å². The Bertz CT molecular complexity index is 1710. The fourth-order valence-electron chi connectivity index (χ4n) is 4.81. The second-order valence-corrected chi connectivity index (χ2v) is 8.57. The van der Waals surface area contributed by atoms with Crippen molar-refractivity contribution in [2.75, 3.05) is 0 Å². The van der Waals surface area contributed by atoms with Gasteiger partial charge in [-0.3, -0.25) is 0 Å². The molecule has 2 nitrogen and oxygen atoms in total. The molecule has 34 heavy (non-hydrogen) atoms. The third kappa shape index (κ3) is 3.04. The van der Waals surface area contributed by atoms with Gasteiger partial charge in [0.2, 0.25) is 0 Å². The van der Waals surface area contributed by atoms with E-state index in [1.54, 1.807) is 0 Å². The fraction of sp³-hybridized carbons (Fsp3) is 0. The Morgan fingerprint density at radius 3 is 1.24 bits per heavy atom. The van der Waals surface area contributed by atoms with Crippen LogP contribution in [0.5, 0.6) is 0 Å². The maximum Gasteiger partial charge on any atom is 0.361 e. The zero-order chi connectivity index (χ0) is 22.5. The Hall–Kier alpha value is -4.56. The van der Waals surface area contributed by atoms with Crippen LogP contribution in [0.15, 0.2) is 130 Å². The second kappa shape index (κ2) is 7.50. The van der Waals surface area contributed by atoms with Crippen LogP contribution in [0.1, 0.15) is 0 Å². The highest BCUT2D eigenvalue weighted by Gasteiger charge is 2.19. The smallest absolute Gasteiger partial charge is 0.207 e. The molecule has 5 aromatic carbocycles. The molecule has 0 atom stereocenters. The van der Waals surface area contributed by atoms with Crippen LogP contribution in [0.25, 0.3) is 66.1 Å². The molecule has 0 saturated carbocycles. The van der Waals surface area contributed by atoms with Crippen molar-refractivity contribution in [3.8, 4) is 22.6 Å². The molecule has 0 radical (unpaired) electrons. The summed E-state index contributed by atoms with van der Waals surface area (Å²) in [7, 11) is 0. The van der Waals surface area contributed by atoms with Crippen LogP contribution < -0.4 is 0 Å². The molecule has 158 valence electrons. The Morgan fingerprint density at radius 2 is 0.765 bits per heavy atom. The van der Waals surface area contributed by atoms with Crippen LogP contribution in [-0.2, 0) is 0 Å². The largest absolute Gasteiger partial charge is 0.361 e. The molecule has 0 spiro atoms. The number of rotatable bonds is 2. The molecule has 0 fully saturated rings. The van der Waals surface area contributed by atoms with E-state index < -0.39 is 0 Å². The molecule has 0 unspecified atom stereocenters. The fourth-order valence-corrected chi connectivity index (χ4v) is 4.81. The average molecular weight is 437 g/mol. The third-order valence-corrected chi connectivity index (χ3v) is 6.56. The summed E-state index contributed by atoms with van der Waals surface area (Å²) in [5, 5.41) is 7.10. The van der Waals surface area contributed by atoms with E-state index in [2.05, 4.69) is 109 Å². The van der Waals surface area contributed by atoms with Gasteiger partial charge in [-0.25, -0.2) is 8.83 Å². The molecule has 0 bridgehead atoms. The van der Waals surface area contributed by atoms with Gasteiger partial charge in [0.1, 0.15) is 0 Å². The molecule has 0 aliphatic heterocycles. The van der Waals surface area contributed by atoms with Gasteiger partial charge in [-0.2, -0.15) is 0 Å². The lowest BCUT2D eigenvalue weighted by Crippen LogP contribution is -1.83. The molecular weight excluding hydrogens is 416 g/mol. The summed E-state index contributed by atoms with van der Waals surface area (Å²) >= 11 is 0. The number of hydrogen-bond donors (Lipinski definition) is 0. The number of fused-ring (bicyclic) bond motifs is 6. The summed E-state index contributed by atoms with van der Waals surface area (Å²) in [6.07, 6.45) is 0. The van der Waals surface area contributed by atoms with E-state index in [1.165, 1.54) is 21.5 Å². The van der Waals surface area contributed by atoms with E-state index >= 15 is 0 Å². The third-order valence-electron chi connectivity index (χ3n) is 6.56. The first-order valence-corrected chi connectivity index (χ1v) is 11.4. The first-order valence-electron chi connectivity index (χ1n) is 11.4. The van der Waals surface area contributed by atoms with Crippen molar-refractivity contribution in [1.82, 2.24) is 0 Å². The number of hydrogen-bond acceptors (Lipinski definition) is 0. The lowest BCUT2D eigenvalue weighted by molar-refractivity contribution is 0.618. The predicted molar refractivity (Wildman–Crippen MR) is 141 cm³/mol. The van der Waals surface area contributed by atoms with Crippen LogP contribution in [-0.4, -0.2) is 0 Å². The Kier molecular flexibility index (Phi) is 4.18. The standard InChI is InChI=1S/C32H20O2/c1-3-7-25-21(5-1)13-17-31-27(25)15-19-29(33-31)23-9-11-24(12-10-23)30-20-16-28-26-8-4-2-6-22(26)14-18-32(28)34-30/h1-20H/q+2. The molecule has 7 aromatic rings. The summed E-state index contributed by atoms with van der Waals surface area (Å²) in [5.74, 6) is 1.69. The molecule has 0 amide bonds. The topological polar surface area (TPSA) is 22.6 Å². The molecular formula is C32H20O2+2. The van der Waals surface area contributed by atoms with Gasteiger partial charge in [0.15, 0.2) is 0 Å². The molecule has 0 aliphatic rings. The Morgan fingerprint density at radius 1 is 0.324 bits per heavy atom. The van der Waals surface area contributed by atoms with Crippen molar-refractivity contribution < 1.29 is 8.83 Å². The van der Waals surface area contributed by atoms with Gasteiger partial charge in [-0.15, -0.1) is 0 Å². The SMILES string of the molecule is c1ccc2c(c1)ccc1[o+]c(-c3ccc(-c4ccc5c(ccc6ccccc65)[o+]4)cc3)ccc12. The van der Waals surface area contributed by atoms with Crippen molar-refractivity contribution in [2.24, 2.45) is 0 Å². The van der Waals surface area contributed by atoms with E-state index in [4.69, 9.17) is 8.83 Å². The minimum absolute atomic E-state index is 0.844.